The van der Waals surface area contributed by atoms with Crippen LogP contribution in [0.4, 0.5) is 0 Å². The molecule has 0 saturated heterocycles. The molecule has 32 heteroatoms. The smallest absolute Gasteiger partial charge is 0.185 e. The molecular formula is C60H84N22O8S2. The minimum atomic E-state index is -0.235. The Bertz CT molecular complexity index is 3280. The van der Waals surface area contributed by atoms with E-state index in [0.29, 0.717) is 141 Å². The number of amidine groups is 4. The number of ether oxygens (including phenoxy) is 8. The molecule has 2 aromatic heterocycles. The first kappa shape index (κ1) is 70.6. The number of aryl methyl sites for hydroxylation is 2. The van der Waals surface area contributed by atoms with Gasteiger partial charge in [-0.25, -0.2) is 9.97 Å². The lowest BCUT2D eigenvalue weighted by atomic mass is 9.99. The number of aromatic nitrogens is 2. The van der Waals surface area contributed by atoms with E-state index in [0.717, 1.165) is 11.4 Å². The molecule has 6 rings (SSSR count). The van der Waals surface area contributed by atoms with E-state index in [-0.39, 0.29) is 139 Å². The van der Waals surface area contributed by atoms with Crippen molar-refractivity contribution in [3.05, 3.63) is 82.8 Å². The maximum absolute atomic E-state index is 7.90. The molecule has 494 valence electrons. The zero-order chi connectivity index (χ0) is 66.4. The van der Waals surface area contributed by atoms with Crippen molar-refractivity contribution >= 4 is 69.9 Å². The van der Waals surface area contributed by atoms with E-state index in [1.54, 1.807) is 12.1 Å². The lowest BCUT2D eigenvalue weighted by molar-refractivity contribution is 0.267. The van der Waals surface area contributed by atoms with Crippen LogP contribution < -0.4 is 105 Å². The normalized spacial score (nSPS) is 10.7. The van der Waals surface area contributed by atoms with Crippen LogP contribution >= 0.6 is 22.7 Å². The van der Waals surface area contributed by atoms with Gasteiger partial charge < -0.3 is 105 Å². The number of benzene rings is 4. The summed E-state index contributed by atoms with van der Waals surface area (Å²) in [6.07, 6.45) is 3.92. The second kappa shape index (κ2) is 36.9. The predicted octanol–water partition coefficient (Wildman–Crippen LogP) is 4.88. The lowest BCUT2D eigenvalue weighted by Gasteiger charge is -2.22. The van der Waals surface area contributed by atoms with E-state index in [2.05, 4.69) is 21.3 Å². The molecular weight excluding hydrogens is 1220 g/mol. The van der Waals surface area contributed by atoms with E-state index < -0.39 is 0 Å². The van der Waals surface area contributed by atoms with Crippen molar-refractivity contribution in [2.24, 2.45) is 45.9 Å². The molecule has 92 heavy (non-hydrogen) atoms. The number of hydrogen-bond donors (Lipinski definition) is 20. The van der Waals surface area contributed by atoms with Crippen molar-refractivity contribution in [2.45, 2.75) is 64.2 Å². The van der Waals surface area contributed by atoms with Crippen molar-refractivity contribution in [1.82, 2.24) is 31.2 Å². The van der Waals surface area contributed by atoms with Gasteiger partial charge in [-0.05, 0) is 74.9 Å². The third kappa shape index (κ3) is 22.8. The molecule has 0 radical (unpaired) electrons. The fourth-order valence-corrected chi connectivity index (χ4v) is 10.7. The third-order valence-corrected chi connectivity index (χ3v) is 14.8. The number of guanidine groups is 4. The highest BCUT2D eigenvalue weighted by Crippen LogP contribution is 2.51. The van der Waals surface area contributed by atoms with Crippen molar-refractivity contribution in [2.75, 3.05) is 79.0 Å². The van der Waals surface area contributed by atoms with Gasteiger partial charge in [0.2, 0.25) is 0 Å². The van der Waals surface area contributed by atoms with Crippen LogP contribution in [0.3, 0.4) is 0 Å². The number of nitrogens with zero attached hydrogens (tertiary/aromatic N) is 2. The first-order valence-corrected chi connectivity index (χ1v) is 31.2. The second-order valence-corrected chi connectivity index (χ2v) is 22.1. The minimum absolute atomic E-state index is 0.00987. The summed E-state index contributed by atoms with van der Waals surface area (Å²) >= 11 is 2.83. The van der Waals surface area contributed by atoms with Crippen molar-refractivity contribution < 1.29 is 37.9 Å². The molecule has 0 aliphatic carbocycles. The van der Waals surface area contributed by atoms with Crippen molar-refractivity contribution in [3.8, 4) is 89.4 Å². The van der Waals surface area contributed by atoms with Gasteiger partial charge in [-0.2, -0.15) is 0 Å². The zero-order valence-electron chi connectivity index (χ0n) is 51.1. The Labute approximate surface area is 541 Å². The fraction of sp³-hybridized carbons (Fsp3) is 0.367. The van der Waals surface area contributed by atoms with Crippen LogP contribution in [-0.2, 0) is 12.8 Å². The SMILES string of the molecule is N=C(N)CCCOc1c(OCCNC(=N)N)cccc1-c1ccc(-c2nc(CCc3csc(-c4ccc(-c5cccc(OCCNC(=N)N)c5OCCCC(=N)N)c(OCCNC(=N)N)c4OCCCC(=N)N)n3)cs2)c(OCCCC(=N)N)c1OCCNC(=N)N. The standard InChI is InChI=1S/C60H84N22O8S2/c61-45(62)11-3-25-85-49-37(7-1-9-43(49)83-29-21-77-57(69)70)39-17-19-41(53(87-27-5-13-47(65)66)51(39)89-31-23-79-59(73)74)55-81-35(33-91-55)15-16-36-34-92-56(82-36)42-20-18-40(52(90-32-24-80-60(75)76)54(42)88-28-6-14-48(67)68)38-8-2-10-44(84-30-22-78-58(71)72)50(38)86-26-4-12-46(63)64/h1-2,7-10,17-20,33-34H,3-6,11-16,21-32H2,(H3,61,62)(H3,63,64)(H3,65,66)(H3,67,68)(H4,69,70,77)(H4,71,72,78)(H4,73,74,79)(H4,75,76,80). The van der Waals surface area contributed by atoms with E-state index in [1.807, 2.05) is 59.3 Å². The highest BCUT2D eigenvalue weighted by molar-refractivity contribution is 7.13. The van der Waals surface area contributed by atoms with Crippen LogP contribution in [0.15, 0.2) is 71.4 Å². The van der Waals surface area contributed by atoms with Crippen molar-refractivity contribution in [3.63, 3.8) is 0 Å². The predicted molar refractivity (Wildman–Crippen MR) is 362 cm³/mol. The largest absolute Gasteiger partial charge is 0.489 e. The van der Waals surface area contributed by atoms with Gasteiger partial charge in [0.25, 0.3) is 0 Å². The summed E-state index contributed by atoms with van der Waals surface area (Å²) in [4.78, 5) is 10.3. The molecule has 0 unspecified atom stereocenters. The molecule has 0 spiro atoms. The van der Waals surface area contributed by atoms with E-state index in [4.69, 9.17) is 137 Å². The Kier molecular flexibility index (Phi) is 28.3. The van der Waals surface area contributed by atoms with Crippen LogP contribution in [0.2, 0.25) is 0 Å². The first-order chi connectivity index (χ1) is 44.3. The Balaban J connectivity index is 1.39. The Morgan fingerprint density at radius 1 is 0.337 bits per heavy atom. The summed E-state index contributed by atoms with van der Waals surface area (Å²) in [6, 6.07) is 18.4. The summed E-state index contributed by atoms with van der Waals surface area (Å²) in [5.41, 5.74) is 50.4. The quantitative estimate of drug-likeness (QED) is 0.0138. The Morgan fingerprint density at radius 3 is 0.924 bits per heavy atom. The van der Waals surface area contributed by atoms with Crippen LogP contribution in [-0.4, -0.2) is 136 Å². The lowest BCUT2D eigenvalue weighted by Crippen LogP contribution is -2.33. The number of thiazole rings is 2. The third-order valence-electron chi connectivity index (χ3n) is 13.0. The molecule has 0 amide bonds. The molecule has 28 N–H and O–H groups in total. The molecule has 0 bridgehead atoms. The molecule has 2 heterocycles. The molecule has 0 aliphatic heterocycles. The number of rotatable bonds is 43. The number of nitrogens with two attached hydrogens (primary N) is 8. The molecule has 4 aromatic carbocycles. The molecule has 0 aliphatic rings. The van der Waals surface area contributed by atoms with Crippen LogP contribution in [0, 0.1) is 43.3 Å². The fourth-order valence-electron chi connectivity index (χ4n) is 8.91. The monoisotopic (exact) mass is 1300 g/mol. The van der Waals surface area contributed by atoms with Gasteiger partial charge in [-0.15, -0.1) is 22.7 Å². The molecule has 0 fully saturated rings. The maximum atomic E-state index is 7.90. The summed E-state index contributed by atoms with van der Waals surface area (Å²) in [6.45, 7) is 1.92. The first-order valence-electron chi connectivity index (χ1n) is 29.4. The second-order valence-electron chi connectivity index (χ2n) is 20.4. The van der Waals surface area contributed by atoms with Gasteiger partial charge in [-0.3, -0.25) is 43.3 Å². The van der Waals surface area contributed by atoms with Gasteiger partial charge in [-0.1, -0.05) is 24.3 Å². The Morgan fingerprint density at radius 2 is 0.609 bits per heavy atom. The van der Waals surface area contributed by atoms with Crippen LogP contribution in [0.5, 0.6) is 46.0 Å². The topological polar surface area (TPSA) is 547 Å². The van der Waals surface area contributed by atoms with Crippen LogP contribution in [0.25, 0.3) is 43.4 Å². The van der Waals surface area contributed by atoms with Gasteiger partial charge in [0, 0.05) is 58.7 Å². The van der Waals surface area contributed by atoms with E-state index in [9.17, 15) is 0 Å². The van der Waals surface area contributed by atoms with E-state index in [1.165, 1.54) is 22.7 Å². The zero-order valence-corrected chi connectivity index (χ0v) is 52.7. The van der Waals surface area contributed by atoms with Gasteiger partial charge in [0.1, 0.15) is 36.4 Å². The summed E-state index contributed by atoms with van der Waals surface area (Å²) in [5, 5.41) is 78.4. The average molecular weight is 1310 g/mol. The number of para-hydroxylation sites is 2. The van der Waals surface area contributed by atoms with Gasteiger partial charge >= 0.3 is 0 Å². The van der Waals surface area contributed by atoms with Crippen molar-refractivity contribution in [1.29, 1.82) is 43.3 Å². The van der Waals surface area contributed by atoms with E-state index >= 15 is 0 Å². The number of hydrogen-bond acceptors (Lipinski definition) is 20. The summed E-state index contributed by atoms with van der Waals surface area (Å²) < 4.78 is 51.8. The Hall–Kier alpha value is -10.5. The molecule has 6 aromatic rings. The minimum Gasteiger partial charge on any atom is -0.489 e. The summed E-state index contributed by atoms with van der Waals surface area (Å²) in [5.74, 6) is 2.11. The highest BCUT2D eigenvalue weighted by atomic mass is 32.1. The number of nitrogens with one attached hydrogen (secondary N) is 12. The summed E-state index contributed by atoms with van der Waals surface area (Å²) in [7, 11) is 0. The van der Waals surface area contributed by atoms with Gasteiger partial charge in [0.05, 0.1) is 98.5 Å². The van der Waals surface area contributed by atoms with Crippen LogP contribution in [0.1, 0.15) is 62.8 Å². The highest BCUT2D eigenvalue weighted by Gasteiger charge is 2.27. The molecule has 0 atom stereocenters. The average Bonchev–Trinajstić information content (AvgIpc) is 1.07. The maximum Gasteiger partial charge on any atom is 0.185 e. The molecule has 30 nitrogen and oxygen atoms in total. The van der Waals surface area contributed by atoms with Gasteiger partial charge in [0.15, 0.2) is 69.8 Å². The molecule has 0 saturated carbocycles.